The molecule has 7 heteroatoms. The summed E-state index contributed by atoms with van der Waals surface area (Å²) in [5, 5.41) is 6.57. The van der Waals surface area contributed by atoms with Gasteiger partial charge in [0.2, 0.25) is 0 Å². The molecule has 0 unspecified atom stereocenters. The number of pyridine rings is 1. The quantitative estimate of drug-likeness (QED) is 0.733. The molecule has 2 heterocycles. The van der Waals surface area contributed by atoms with E-state index in [1.54, 1.807) is 12.4 Å². The van der Waals surface area contributed by atoms with Gasteiger partial charge >= 0.3 is 0 Å². The number of nitrogens with zero attached hydrogens (tertiary/aromatic N) is 3. The molecule has 0 aliphatic heterocycles. The van der Waals surface area contributed by atoms with E-state index in [4.69, 9.17) is 11.6 Å². The topological polar surface area (TPSA) is 79.8 Å². The number of aromatic nitrogens is 3. The molecule has 126 valence electrons. The van der Waals surface area contributed by atoms with Crippen molar-refractivity contribution < 1.29 is 4.79 Å². The number of halogens is 1. The summed E-state index contributed by atoms with van der Waals surface area (Å²) < 4.78 is 0. The molecule has 0 radical (unpaired) electrons. The largest absolute Gasteiger partial charge is 0.347 e. The van der Waals surface area contributed by atoms with Gasteiger partial charge in [0, 0.05) is 29.6 Å². The first kappa shape index (κ1) is 16.9. The SMILES string of the molecule is Cc1ccc(Cl)cc1Nc1cnc(C(=O)NCc2ccncc2)cn1. The van der Waals surface area contributed by atoms with Crippen LogP contribution in [0, 0.1) is 6.92 Å². The zero-order valence-corrected chi connectivity index (χ0v) is 14.3. The van der Waals surface area contributed by atoms with Gasteiger partial charge < -0.3 is 10.6 Å². The molecule has 2 aromatic heterocycles. The Labute approximate surface area is 150 Å². The highest BCUT2D eigenvalue weighted by Gasteiger charge is 2.08. The number of aryl methyl sites for hydroxylation is 1. The molecule has 25 heavy (non-hydrogen) atoms. The minimum Gasteiger partial charge on any atom is -0.347 e. The molecule has 1 amide bonds. The molecule has 0 saturated heterocycles. The number of anilines is 2. The maximum absolute atomic E-state index is 12.1. The average Bonchev–Trinajstić information content (AvgIpc) is 2.64. The van der Waals surface area contributed by atoms with Crippen molar-refractivity contribution in [2.24, 2.45) is 0 Å². The minimum atomic E-state index is -0.283. The van der Waals surface area contributed by atoms with Crippen molar-refractivity contribution in [2.45, 2.75) is 13.5 Å². The lowest BCUT2D eigenvalue weighted by Crippen LogP contribution is -2.24. The monoisotopic (exact) mass is 353 g/mol. The van der Waals surface area contributed by atoms with Crippen molar-refractivity contribution in [1.82, 2.24) is 20.3 Å². The number of rotatable bonds is 5. The summed E-state index contributed by atoms with van der Waals surface area (Å²) >= 11 is 6.00. The Bertz CT molecular complexity index is 868. The van der Waals surface area contributed by atoms with Gasteiger partial charge in [-0.2, -0.15) is 0 Å². The molecule has 3 rings (SSSR count). The van der Waals surface area contributed by atoms with Crippen LogP contribution in [0.2, 0.25) is 5.02 Å². The van der Waals surface area contributed by atoms with E-state index in [9.17, 15) is 4.79 Å². The van der Waals surface area contributed by atoms with Gasteiger partial charge in [0.15, 0.2) is 0 Å². The smallest absolute Gasteiger partial charge is 0.271 e. The maximum atomic E-state index is 12.1. The standard InChI is InChI=1S/C18H16ClN5O/c1-12-2-3-14(19)8-15(12)24-17-11-21-16(10-22-17)18(25)23-9-13-4-6-20-7-5-13/h2-8,10-11H,9H2,1H3,(H,22,24)(H,23,25). The zero-order valence-electron chi connectivity index (χ0n) is 13.5. The van der Waals surface area contributed by atoms with Gasteiger partial charge in [0.05, 0.1) is 12.4 Å². The number of benzene rings is 1. The number of hydrogen-bond acceptors (Lipinski definition) is 5. The highest BCUT2D eigenvalue weighted by Crippen LogP contribution is 2.22. The number of carbonyl (C=O) groups excluding carboxylic acids is 1. The first-order valence-electron chi connectivity index (χ1n) is 7.64. The maximum Gasteiger partial charge on any atom is 0.271 e. The lowest BCUT2D eigenvalue weighted by atomic mass is 10.2. The molecule has 0 aliphatic carbocycles. The fraction of sp³-hybridized carbons (Fsp3) is 0.111. The van der Waals surface area contributed by atoms with Crippen LogP contribution in [0.1, 0.15) is 21.6 Å². The van der Waals surface area contributed by atoms with Crippen LogP contribution >= 0.6 is 11.6 Å². The van der Waals surface area contributed by atoms with Gasteiger partial charge in [0.25, 0.3) is 5.91 Å². The third kappa shape index (κ3) is 4.51. The summed E-state index contributed by atoms with van der Waals surface area (Å²) in [4.78, 5) is 24.4. The third-order valence-corrected chi connectivity index (χ3v) is 3.78. The van der Waals surface area contributed by atoms with Crippen molar-refractivity contribution in [2.75, 3.05) is 5.32 Å². The second kappa shape index (κ2) is 7.72. The van der Waals surface area contributed by atoms with Crippen LogP contribution in [-0.2, 0) is 6.54 Å². The summed E-state index contributed by atoms with van der Waals surface area (Å²) in [5.74, 6) is 0.255. The molecule has 3 aromatic rings. The molecule has 0 atom stereocenters. The Morgan fingerprint density at radius 3 is 2.64 bits per heavy atom. The Balaban J connectivity index is 1.63. The Morgan fingerprint density at radius 2 is 1.92 bits per heavy atom. The highest BCUT2D eigenvalue weighted by molar-refractivity contribution is 6.30. The van der Waals surface area contributed by atoms with Gasteiger partial charge in [-0.15, -0.1) is 0 Å². The fourth-order valence-corrected chi connectivity index (χ4v) is 2.32. The molecule has 0 fully saturated rings. The Kier molecular flexibility index (Phi) is 5.20. The Morgan fingerprint density at radius 1 is 1.12 bits per heavy atom. The van der Waals surface area contributed by atoms with Crippen molar-refractivity contribution in [3.8, 4) is 0 Å². The van der Waals surface area contributed by atoms with Crippen LogP contribution in [0.15, 0.2) is 55.1 Å². The normalized spacial score (nSPS) is 10.3. The fourth-order valence-electron chi connectivity index (χ4n) is 2.15. The van der Waals surface area contributed by atoms with Crippen molar-refractivity contribution in [3.63, 3.8) is 0 Å². The van der Waals surface area contributed by atoms with E-state index in [2.05, 4.69) is 25.6 Å². The lowest BCUT2D eigenvalue weighted by Gasteiger charge is -2.09. The summed E-state index contributed by atoms with van der Waals surface area (Å²) in [6, 6.07) is 9.23. The van der Waals surface area contributed by atoms with Crippen LogP contribution in [0.25, 0.3) is 0 Å². The first-order valence-corrected chi connectivity index (χ1v) is 8.02. The van der Waals surface area contributed by atoms with Gasteiger partial charge in [-0.05, 0) is 42.3 Å². The van der Waals surface area contributed by atoms with Gasteiger partial charge in [-0.1, -0.05) is 17.7 Å². The minimum absolute atomic E-state index is 0.252. The summed E-state index contributed by atoms with van der Waals surface area (Å²) in [6.07, 6.45) is 6.31. The van der Waals surface area contributed by atoms with E-state index < -0.39 is 0 Å². The molecule has 0 aliphatic rings. The van der Waals surface area contributed by atoms with Crippen LogP contribution in [0.4, 0.5) is 11.5 Å². The predicted octanol–water partition coefficient (Wildman–Crippen LogP) is 3.51. The van der Waals surface area contributed by atoms with E-state index in [0.29, 0.717) is 17.4 Å². The third-order valence-electron chi connectivity index (χ3n) is 3.55. The van der Waals surface area contributed by atoms with Crippen molar-refractivity contribution in [1.29, 1.82) is 0 Å². The first-order chi connectivity index (χ1) is 12.1. The molecule has 6 nitrogen and oxygen atoms in total. The summed E-state index contributed by atoms with van der Waals surface area (Å²) in [7, 11) is 0. The second-order valence-corrected chi connectivity index (χ2v) is 5.85. The summed E-state index contributed by atoms with van der Waals surface area (Å²) in [6.45, 7) is 2.37. The second-order valence-electron chi connectivity index (χ2n) is 5.41. The summed E-state index contributed by atoms with van der Waals surface area (Å²) in [5.41, 5.74) is 3.09. The van der Waals surface area contributed by atoms with E-state index in [1.807, 2.05) is 37.3 Å². The van der Waals surface area contributed by atoms with Gasteiger partial charge in [-0.25, -0.2) is 9.97 Å². The number of hydrogen-bond donors (Lipinski definition) is 2. The lowest BCUT2D eigenvalue weighted by molar-refractivity contribution is 0.0945. The van der Waals surface area contributed by atoms with Crippen LogP contribution in [0.5, 0.6) is 0 Å². The molecule has 2 N–H and O–H groups in total. The average molecular weight is 354 g/mol. The molecular weight excluding hydrogens is 338 g/mol. The Hall–Kier alpha value is -2.99. The molecule has 0 bridgehead atoms. The highest BCUT2D eigenvalue weighted by atomic mass is 35.5. The number of nitrogens with one attached hydrogen (secondary N) is 2. The number of carbonyl (C=O) groups is 1. The van der Waals surface area contributed by atoms with Crippen molar-refractivity contribution in [3.05, 3.63) is 77.0 Å². The molecular formula is C18H16ClN5O. The van der Waals surface area contributed by atoms with Crippen LogP contribution < -0.4 is 10.6 Å². The van der Waals surface area contributed by atoms with Crippen molar-refractivity contribution >= 4 is 29.0 Å². The van der Waals surface area contributed by atoms with Crippen LogP contribution in [-0.4, -0.2) is 20.9 Å². The van der Waals surface area contributed by atoms with Gasteiger partial charge in [-0.3, -0.25) is 9.78 Å². The van der Waals surface area contributed by atoms with Crippen LogP contribution in [0.3, 0.4) is 0 Å². The van der Waals surface area contributed by atoms with E-state index in [0.717, 1.165) is 16.8 Å². The van der Waals surface area contributed by atoms with Gasteiger partial charge in [0.1, 0.15) is 11.5 Å². The molecule has 0 spiro atoms. The molecule has 1 aromatic carbocycles. The zero-order chi connectivity index (χ0) is 17.6. The van der Waals surface area contributed by atoms with E-state index in [1.165, 1.54) is 12.4 Å². The van der Waals surface area contributed by atoms with E-state index >= 15 is 0 Å². The number of amides is 1. The predicted molar refractivity (Wildman–Crippen MR) is 96.9 cm³/mol. The van der Waals surface area contributed by atoms with E-state index in [-0.39, 0.29) is 11.6 Å². The molecule has 0 saturated carbocycles.